The number of hydrogen-bond donors (Lipinski definition) is 1. The largest absolute Gasteiger partial charge is 0.497 e. The zero-order chi connectivity index (χ0) is 24.4. The van der Waals surface area contributed by atoms with Gasteiger partial charge in [0.05, 0.1) is 32.0 Å². The normalized spacial score (nSPS) is 17.3. The maximum atomic E-state index is 5.88. The summed E-state index contributed by atoms with van der Waals surface area (Å²) in [5.41, 5.74) is 5.47. The number of ether oxygens (including phenoxy) is 2. The van der Waals surface area contributed by atoms with Gasteiger partial charge in [0, 0.05) is 29.8 Å². The van der Waals surface area contributed by atoms with E-state index in [1.807, 2.05) is 42.6 Å². The van der Waals surface area contributed by atoms with Crippen molar-refractivity contribution in [3.8, 4) is 17.2 Å². The molecule has 2 aromatic heterocycles. The van der Waals surface area contributed by atoms with Crippen molar-refractivity contribution in [1.29, 1.82) is 0 Å². The molecule has 0 saturated carbocycles. The Kier molecular flexibility index (Phi) is 6.42. The van der Waals surface area contributed by atoms with Crippen LogP contribution in [0.1, 0.15) is 34.7 Å². The molecule has 35 heavy (non-hydrogen) atoms. The molecule has 7 heteroatoms. The monoisotopic (exact) mass is 484 g/mol. The number of thiocarbonyl (C=S) groups is 1. The fraction of sp³-hybridized carbons (Fsp3) is 0.214. The Morgan fingerprint density at radius 2 is 1.57 bits per heavy atom. The van der Waals surface area contributed by atoms with Crippen LogP contribution >= 0.6 is 12.2 Å². The summed E-state index contributed by atoms with van der Waals surface area (Å²) < 4.78 is 13.0. The van der Waals surface area contributed by atoms with Gasteiger partial charge in [0.1, 0.15) is 11.5 Å². The van der Waals surface area contributed by atoms with Crippen molar-refractivity contribution in [2.45, 2.75) is 25.6 Å². The first-order valence-electron chi connectivity index (χ1n) is 11.5. The van der Waals surface area contributed by atoms with Crippen LogP contribution in [0.5, 0.6) is 11.5 Å². The third-order valence-electron chi connectivity index (χ3n) is 6.45. The molecule has 1 aliphatic rings. The summed E-state index contributed by atoms with van der Waals surface area (Å²) in [6.45, 7) is 2.79. The second-order valence-electron chi connectivity index (χ2n) is 8.54. The lowest BCUT2D eigenvalue weighted by atomic mass is 10.0. The molecule has 4 aromatic rings. The van der Waals surface area contributed by atoms with E-state index in [0.717, 1.165) is 39.8 Å². The van der Waals surface area contributed by atoms with Crippen molar-refractivity contribution in [2.75, 3.05) is 14.2 Å². The fourth-order valence-electron chi connectivity index (χ4n) is 4.70. The van der Waals surface area contributed by atoms with Gasteiger partial charge in [-0.05, 0) is 85.4 Å². The van der Waals surface area contributed by atoms with Crippen LogP contribution in [0, 0.1) is 6.92 Å². The zero-order valence-electron chi connectivity index (χ0n) is 20.0. The van der Waals surface area contributed by atoms with Gasteiger partial charge in [-0.2, -0.15) is 0 Å². The van der Waals surface area contributed by atoms with Gasteiger partial charge >= 0.3 is 0 Å². The fourth-order valence-corrected chi connectivity index (χ4v) is 5.00. The number of methoxy groups -OCH3 is 2. The molecule has 2 aromatic carbocycles. The summed E-state index contributed by atoms with van der Waals surface area (Å²) in [4.78, 5) is 6.93. The second kappa shape index (κ2) is 9.80. The first kappa shape index (κ1) is 22.9. The Labute approximate surface area is 211 Å². The highest BCUT2D eigenvalue weighted by Crippen LogP contribution is 2.41. The van der Waals surface area contributed by atoms with Gasteiger partial charge in [-0.1, -0.05) is 18.2 Å². The lowest BCUT2D eigenvalue weighted by molar-refractivity contribution is 0.302. The molecule has 178 valence electrons. The average Bonchev–Trinajstić information content (AvgIpc) is 3.44. The first-order chi connectivity index (χ1) is 17.1. The predicted octanol–water partition coefficient (Wildman–Crippen LogP) is 5.37. The summed E-state index contributed by atoms with van der Waals surface area (Å²) in [7, 11) is 3.36. The molecule has 1 aliphatic heterocycles. The lowest BCUT2D eigenvalue weighted by Crippen LogP contribution is -2.30. The van der Waals surface area contributed by atoms with Crippen LogP contribution in [0.25, 0.3) is 5.69 Å². The number of pyridine rings is 1. The minimum absolute atomic E-state index is 0.0599. The van der Waals surface area contributed by atoms with Crippen molar-refractivity contribution in [2.24, 2.45) is 0 Å². The van der Waals surface area contributed by atoms with E-state index in [2.05, 4.69) is 69.2 Å². The van der Waals surface area contributed by atoms with E-state index in [-0.39, 0.29) is 12.1 Å². The van der Waals surface area contributed by atoms with Crippen LogP contribution in [0.4, 0.5) is 0 Å². The van der Waals surface area contributed by atoms with Crippen molar-refractivity contribution in [3.05, 3.63) is 108 Å². The first-order valence-corrected chi connectivity index (χ1v) is 11.9. The van der Waals surface area contributed by atoms with Crippen LogP contribution in [-0.2, 0) is 6.54 Å². The molecule has 0 bridgehead atoms. The van der Waals surface area contributed by atoms with E-state index in [9.17, 15) is 0 Å². The molecule has 0 spiro atoms. The molecule has 0 aliphatic carbocycles. The minimum Gasteiger partial charge on any atom is -0.497 e. The molecule has 1 fully saturated rings. The molecule has 0 radical (unpaired) electrons. The number of benzene rings is 2. The van der Waals surface area contributed by atoms with Gasteiger partial charge in [-0.3, -0.25) is 4.98 Å². The van der Waals surface area contributed by atoms with Gasteiger partial charge in [0.2, 0.25) is 0 Å². The second-order valence-corrected chi connectivity index (χ2v) is 8.92. The molecule has 3 heterocycles. The van der Waals surface area contributed by atoms with E-state index < -0.39 is 0 Å². The molecule has 5 rings (SSSR count). The number of hydrogen-bond acceptors (Lipinski definition) is 4. The topological polar surface area (TPSA) is 51.5 Å². The van der Waals surface area contributed by atoms with Crippen molar-refractivity contribution >= 4 is 17.3 Å². The maximum Gasteiger partial charge on any atom is 0.170 e. The smallest absolute Gasteiger partial charge is 0.170 e. The summed E-state index contributed by atoms with van der Waals surface area (Å²) in [6.07, 6.45) is 1.83. The minimum atomic E-state index is -0.0896. The predicted molar refractivity (Wildman–Crippen MR) is 141 cm³/mol. The van der Waals surface area contributed by atoms with E-state index >= 15 is 0 Å². The van der Waals surface area contributed by atoms with Gasteiger partial charge in [-0.25, -0.2) is 0 Å². The van der Waals surface area contributed by atoms with Gasteiger partial charge in [0.25, 0.3) is 0 Å². The van der Waals surface area contributed by atoms with Gasteiger partial charge in [-0.15, -0.1) is 0 Å². The average molecular weight is 485 g/mol. The van der Waals surface area contributed by atoms with Gasteiger partial charge in [0.15, 0.2) is 5.11 Å². The number of nitrogens with one attached hydrogen (secondary N) is 1. The van der Waals surface area contributed by atoms with E-state index in [1.54, 1.807) is 14.2 Å². The van der Waals surface area contributed by atoms with E-state index in [4.69, 9.17) is 21.7 Å². The molecule has 2 atom stereocenters. The Bertz CT molecular complexity index is 1300. The highest BCUT2D eigenvalue weighted by molar-refractivity contribution is 7.80. The summed E-state index contributed by atoms with van der Waals surface area (Å²) in [6, 6.07) is 26.5. The summed E-state index contributed by atoms with van der Waals surface area (Å²) in [5, 5.41) is 4.26. The Balaban J connectivity index is 1.59. The Hall–Kier alpha value is -3.84. The van der Waals surface area contributed by atoms with Crippen LogP contribution in [0.2, 0.25) is 0 Å². The van der Waals surface area contributed by atoms with E-state index in [1.165, 1.54) is 0 Å². The highest BCUT2D eigenvalue weighted by Gasteiger charge is 2.41. The SMILES string of the molecule is COc1ccc(CN2C(=S)N[C@H](c3ccccn3)[C@H]2c2ccc(C)n2-c2ccc(OC)cc2)cc1. The number of aryl methyl sites for hydroxylation is 1. The maximum absolute atomic E-state index is 5.88. The van der Waals surface area contributed by atoms with Crippen LogP contribution < -0.4 is 14.8 Å². The number of aromatic nitrogens is 2. The zero-order valence-corrected chi connectivity index (χ0v) is 20.8. The highest BCUT2D eigenvalue weighted by atomic mass is 32.1. The molecular weight excluding hydrogens is 456 g/mol. The summed E-state index contributed by atoms with van der Waals surface area (Å²) in [5.74, 6) is 1.67. The molecule has 0 amide bonds. The molecule has 0 unspecified atom stereocenters. The van der Waals surface area contributed by atoms with Crippen LogP contribution in [0.15, 0.2) is 85.1 Å². The molecular formula is C28H28N4O2S. The lowest BCUT2D eigenvalue weighted by Gasteiger charge is -2.29. The van der Waals surface area contributed by atoms with Crippen molar-refractivity contribution < 1.29 is 9.47 Å². The van der Waals surface area contributed by atoms with Crippen molar-refractivity contribution in [3.63, 3.8) is 0 Å². The van der Waals surface area contributed by atoms with E-state index in [0.29, 0.717) is 11.7 Å². The van der Waals surface area contributed by atoms with Crippen LogP contribution in [0.3, 0.4) is 0 Å². The summed E-state index contributed by atoms with van der Waals surface area (Å²) >= 11 is 5.88. The number of rotatable bonds is 7. The third-order valence-corrected chi connectivity index (χ3v) is 6.80. The third kappa shape index (κ3) is 4.47. The quantitative estimate of drug-likeness (QED) is 0.356. The standard InChI is InChI=1S/C28H28N4O2S/c1-19-7-16-25(32(19)21-10-14-23(34-3)15-11-21)27-26(24-6-4-5-17-29-24)30-28(35)31(27)18-20-8-12-22(33-2)13-9-20/h4-17,26-27H,18H2,1-3H3,(H,30,35)/t26-,27-/m1/s1. The number of nitrogens with zero attached hydrogens (tertiary/aromatic N) is 3. The Morgan fingerprint density at radius 3 is 2.20 bits per heavy atom. The Morgan fingerprint density at radius 1 is 0.886 bits per heavy atom. The van der Waals surface area contributed by atoms with Crippen molar-refractivity contribution in [1.82, 2.24) is 19.8 Å². The molecule has 1 N–H and O–H groups in total. The van der Waals surface area contributed by atoms with Crippen LogP contribution in [-0.4, -0.2) is 33.8 Å². The van der Waals surface area contributed by atoms with Gasteiger partial charge < -0.3 is 24.3 Å². The molecule has 6 nitrogen and oxygen atoms in total. The molecule has 1 saturated heterocycles.